The largest absolute Gasteiger partial charge is 0.383 e. The standard InChI is InChI=1S/C17H16N6O/c1-2-5-19-13-4-3-12(11-18)10-14(13)22-17(24)15-16-21-7-9-23(16)8-6-20-15/h3-4,6-10,19H,2,5H2,1H3,(H,22,24). The molecule has 120 valence electrons. The first-order valence-corrected chi connectivity index (χ1v) is 7.60. The number of imidazole rings is 1. The first-order chi connectivity index (χ1) is 11.7. The molecule has 0 aliphatic carbocycles. The molecule has 0 unspecified atom stereocenters. The van der Waals surface area contributed by atoms with Crippen LogP contribution in [0.1, 0.15) is 29.4 Å². The Morgan fingerprint density at radius 2 is 2.04 bits per heavy atom. The highest BCUT2D eigenvalue weighted by Crippen LogP contribution is 2.24. The summed E-state index contributed by atoms with van der Waals surface area (Å²) in [4.78, 5) is 20.9. The van der Waals surface area contributed by atoms with Crippen LogP contribution in [-0.2, 0) is 0 Å². The van der Waals surface area contributed by atoms with Crippen LogP contribution in [0.2, 0.25) is 0 Å². The van der Waals surface area contributed by atoms with E-state index in [-0.39, 0.29) is 11.6 Å². The van der Waals surface area contributed by atoms with Gasteiger partial charge in [-0.3, -0.25) is 4.79 Å². The van der Waals surface area contributed by atoms with E-state index in [1.807, 2.05) is 0 Å². The molecule has 3 rings (SSSR count). The highest BCUT2D eigenvalue weighted by Gasteiger charge is 2.15. The predicted molar refractivity (Wildman–Crippen MR) is 90.9 cm³/mol. The molecule has 7 heteroatoms. The van der Waals surface area contributed by atoms with Crippen LogP contribution in [0.3, 0.4) is 0 Å². The van der Waals surface area contributed by atoms with Gasteiger partial charge in [0.1, 0.15) is 0 Å². The monoisotopic (exact) mass is 320 g/mol. The molecule has 0 saturated heterocycles. The maximum atomic E-state index is 12.6. The van der Waals surface area contributed by atoms with Gasteiger partial charge in [-0.15, -0.1) is 0 Å². The second kappa shape index (κ2) is 6.79. The third-order valence-corrected chi connectivity index (χ3v) is 3.49. The third kappa shape index (κ3) is 3.03. The normalized spacial score (nSPS) is 10.3. The van der Waals surface area contributed by atoms with E-state index in [0.717, 1.165) is 18.7 Å². The summed E-state index contributed by atoms with van der Waals surface area (Å²) in [5.41, 5.74) is 2.49. The first-order valence-electron chi connectivity index (χ1n) is 7.60. The highest BCUT2D eigenvalue weighted by molar-refractivity contribution is 6.08. The van der Waals surface area contributed by atoms with Crippen molar-refractivity contribution < 1.29 is 4.79 Å². The van der Waals surface area contributed by atoms with Crippen LogP contribution in [0.4, 0.5) is 11.4 Å². The van der Waals surface area contributed by atoms with E-state index in [1.54, 1.807) is 47.4 Å². The van der Waals surface area contributed by atoms with Crippen LogP contribution in [0.25, 0.3) is 5.65 Å². The van der Waals surface area contributed by atoms with Crippen molar-refractivity contribution in [3.63, 3.8) is 0 Å². The van der Waals surface area contributed by atoms with Gasteiger partial charge in [0.25, 0.3) is 5.91 Å². The van der Waals surface area contributed by atoms with E-state index in [0.29, 0.717) is 16.9 Å². The van der Waals surface area contributed by atoms with Gasteiger partial charge >= 0.3 is 0 Å². The number of nitrogens with one attached hydrogen (secondary N) is 2. The van der Waals surface area contributed by atoms with E-state index in [9.17, 15) is 4.79 Å². The number of hydrogen-bond acceptors (Lipinski definition) is 5. The fourth-order valence-electron chi connectivity index (χ4n) is 2.33. The topological polar surface area (TPSA) is 95.1 Å². The number of hydrogen-bond donors (Lipinski definition) is 2. The summed E-state index contributed by atoms with van der Waals surface area (Å²) in [5.74, 6) is -0.374. The van der Waals surface area contributed by atoms with Crippen molar-refractivity contribution in [3.8, 4) is 6.07 Å². The molecule has 0 saturated carbocycles. The van der Waals surface area contributed by atoms with Crippen LogP contribution in [-0.4, -0.2) is 26.8 Å². The molecule has 3 aromatic rings. The molecule has 2 aromatic heterocycles. The Morgan fingerprint density at radius 1 is 1.25 bits per heavy atom. The fraction of sp³-hybridized carbons (Fsp3) is 0.176. The number of nitriles is 1. The van der Waals surface area contributed by atoms with Crippen molar-refractivity contribution in [2.75, 3.05) is 17.2 Å². The van der Waals surface area contributed by atoms with E-state index >= 15 is 0 Å². The van der Waals surface area contributed by atoms with Crippen molar-refractivity contribution in [2.24, 2.45) is 0 Å². The van der Waals surface area contributed by atoms with Gasteiger partial charge in [0.15, 0.2) is 11.3 Å². The molecular weight excluding hydrogens is 304 g/mol. The summed E-state index contributed by atoms with van der Waals surface area (Å²) in [6.45, 7) is 2.82. The molecule has 0 fully saturated rings. The maximum absolute atomic E-state index is 12.6. The average Bonchev–Trinajstić information content (AvgIpc) is 3.09. The van der Waals surface area contributed by atoms with Crippen molar-refractivity contribution in [2.45, 2.75) is 13.3 Å². The Labute approximate surface area is 139 Å². The Bertz CT molecular complexity index is 924. The van der Waals surface area contributed by atoms with Gasteiger partial charge in [0.2, 0.25) is 0 Å². The summed E-state index contributed by atoms with van der Waals surface area (Å²) in [6, 6.07) is 7.21. The van der Waals surface area contributed by atoms with Crippen molar-refractivity contribution in [1.29, 1.82) is 5.26 Å². The summed E-state index contributed by atoms with van der Waals surface area (Å²) >= 11 is 0. The molecule has 0 spiro atoms. The van der Waals surface area contributed by atoms with Gasteiger partial charge in [-0.2, -0.15) is 5.26 Å². The minimum absolute atomic E-state index is 0.228. The van der Waals surface area contributed by atoms with Crippen LogP contribution in [0.5, 0.6) is 0 Å². The minimum atomic E-state index is -0.374. The molecular formula is C17H16N6O. The number of anilines is 2. The number of benzene rings is 1. The summed E-state index contributed by atoms with van der Waals surface area (Å²) in [5, 5.41) is 15.1. The van der Waals surface area contributed by atoms with Crippen LogP contribution in [0, 0.1) is 11.3 Å². The summed E-state index contributed by atoms with van der Waals surface area (Å²) in [7, 11) is 0. The minimum Gasteiger partial charge on any atom is -0.383 e. The zero-order valence-corrected chi connectivity index (χ0v) is 13.2. The Hall–Kier alpha value is -3.40. The molecule has 2 heterocycles. The zero-order chi connectivity index (χ0) is 16.9. The number of carbonyl (C=O) groups excluding carboxylic acids is 1. The lowest BCUT2D eigenvalue weighted by atomic mass is 10.1. The Balaban J connectivity index is 1.93. The SMILES string of the molecule is CCCNc1ccc(C#N)cc1NC(=O)c1nccn2ccnc12. The average molecular weight is 320 g/mol. The number of aromatic nitrogens is 3. The Kier molecular flexibility index (Phi) is 4.38. The van der Waals surface area contributed by atoms with Crippen LogP contribution in [0.15, 0.2) is 43.0 Å². The molecule has 0 radical (unpaired) electrons. The number of nitrogens with zero attached hydrogens (tertiary/aromatic N) is 4. The molecule has 1 aromatic carbocycles. The smallest absolute Gasteiger partial charge is 0.278 e. The van der Waals surface area contributed by atoms with Crippen molar-refractivity contribution in [3.05, 3.63) is 54.2 Å². The molecule has 0 aliphatic heterocycles. The lowest BCUT2D eigenvalue weighted by molar-refractivity contribution is 0.102. The molecule has 0 atom stereocenters. The van der Waals surface area contributed by atoms with Crippen LogP contribution < -0.4 is 10.6 Å². The van der Waals surface area contributed by atoms with E-state index < -0.39 is 0 Å². The quantitative estimate of drug-likeness (QED) is 0.753. The number of rotatable bonds is 5. The first kappa shape index (κ1) is 15.5. The second-order valence-electron chi connectivity index (χ2n) is 5.19. The fourth-order valence-corrected chi connectivity index (χ4v) is 2.33. The predicted octanol–water partition coefficient (Wildman–Crippen LogP) is 2.68. The third-order valence-electron chi connectivity index (χ3n) is 3.49. The van der Waals surface area contributed by atoms with Gasteiger partial charge < -0.3 is 15.0 Å². The van der Waals surface area contributed by atoms with Gasteiger partial charge in [0.05, 0.1) is 23.0 Å². The molecule has 7 nitrogen and oxygen atoms in total. The van der Waals surface area contributed by atoms with Gasteiger partial charge in [-0.25, -0.2) is 9.97 Å². The van der Waals surface area contributed by atoms with E-state index in [2.05, 4.69) is 33.6 Å². The summed E-state index contributed by atoms with van der Waals surface area (Å²) < 4.78 is 1.73. The van der Waals surface area contributed by atoms with Crippen molar-refractivity contribution in [1.82, 2.24) is 14.4 Å². The van der Waals surface area contributed by atoms with Gasteiger partial charge in [-0.1, -0.05) is 6.92 Å². The zero-order valence-electron chi connectivity index (χ0n) is 13.2. The van der Waals surface area contributed by atoms with Crippen molar-refractivity contribution >= 4 is 22.9 Å². The maximum Gasteiger partial charge on any atom is 0.278 e. The van der Waals surface area contributed by atoms with E-state index in [4.69, 9.17) is 5.26 Å². The van der Waals surface area contributed by atoms with Gasteiger partial charge in [0, 0.05) is 31.3 Å². The number of amides is 1. The molecule has 0 bridgehead atoms. The summed E-state index contributed by atoms with van der Waals surface area (Å²) in [6.07, 6.45) is 7.58. The molecule has 2 N–H and O–H groups in total. The Morgan fingerprint density at radius 3 is 2.79 bits per heavy atom. The molecule has 1 amide bonds. The lowest BCUT2D eigenvalue weighted by Gasteiger charge is -2.13. The second-order valence-corrected chi connectivity index (χ2v) is 5.19. The highest BCUT2D eigenvalue weighted by atomic mass is 16.1. The van der Waals surface area contributed by atoms with E-state index in [1.165, 1.54) is 0 Å². The van der Waals surface area contributed by atoms with Crippen LogP contribution >= 0.6 is 0 Å². The number of fused-ring (bicyclic) bond motifs is 1. The lowest BCUT2D eigenvalue weighted by Crippen LogP contribution is -2.17. The number of carbonyl (C=O) groups is 1. The van der Waals surface area contributed by atoms with Gasteiger partial charge in [-0.05, 0) is 24.6 Å². The molecule has 0 aliphatic rings. The molecule has 24 heavy (non-hydrogen) atoms.